The van der Waals surface area contributed by atoms with Gasteiger partial charge in [0.2, 0.25) is 0 Å². The third-order valence-electron chi connectivity index (χ3n) is 3.98. The molecule has 8 nitrogen and oxygen atoms in total. The molecule has 0 aliphatic carbocycles. The molecule has 0 spiro atoms. The smallest absolute Gasteiger partial charge is 0.334 e. The molecular formula is C17H19N3O5. The van der Waals surface area contributed by atoms with Crippen molar-refractivity contribution in [2.75, 3.05) is 19.7 Å². The van der Waals surface area contributed by atoms with Gasteiger partial charge in [-0.25, -0.2) is 4.79 Å². The molecule has 1 saturated heterocycles. The number of amides is 1. The minimum atomic E-state index is -1.08. The van der Waals surface area contributed by atoms with Crippen molar-refractivity contribution in [2.24, 2.45) is 0 Å². The number of rotatable bonds is 4. The van der Waals surface area contributed by atoms with Crippen LogP contribution in [-0.2, 0) is 9.53 Å². The topological polar surface area (TPSA) is 106 Å². The van der Waals surface area contributed by atoms with Crippen LogP contribution in [0.1, 0.15) is 35.9 Å². The van der Waals surface area contributed by atoms with Crippen LogP contribution in [0.2, 0.25) is 0 Å². The SMILES string of the molecule is CC(C)c1noc(-c2ccccc2C(=O)N2CCO[C@@H](C(=O)O)C2)n1. The number of carbonyl (C=O) groups is 2. The highest BCUT2D eigenvalue weighted by Crippen LogP contribution is 2.25. The van der Waals surface area contributed by atoms with Gasteiger partial charge < -0.3 is 19.3 Å². The molecule has 0 saturated carbocycles. The Labute approximate surface area is 144 Å². The average molecular weight is 345 g/mol. The van der Waals surface area contributed by atoms with Gasteiger partial charge >= 0.3 is 5.97 Å². The molecule has 1 N–H and O–H groups in total. The molecule has 1 aliphatic rings. The summed E-state index contributed by atoms with van der Waals surface area (Å²) < 4.78 is 10.5. The summed E-state index contributed by atoms with van der Waals surface area (Å²) in [5.41, 5.74) is 0.928. The first-order chi connectivity index (χ1) is 12.0. The van der Waals surface area contributed by atoms with E-state index in [1.807, 2.05) is 13.8 Å². The number of carboxylic acid groups (broad SMARTS) is 1. The second-order valence-corrected chi connectivity index (χ2v) is 6.11. The van der Waals surface area contributed by atoms with Crippen LogP contribution < -0.4 is 0 Å². The fraction of sp³-hybridized carbons (Fsp3) is 0.412. The standard InChI is InChI=1S/C17H19N3O5/c1-10(2)14-18-15(25-19-14)11-5-3-4-6-12(11)16(21)20-7-8-24-13(9-20)17(22)23/h3-6,10,13H,7-9H2,1-2H3,(H,22,23)/t13-/m1/s1. The molecule has 0 bridgehead atoms. The quantitative estimate of drug-likeness (QED) is 0.900. The zero-order valence-corrected chi connectivity index (χ0v) is 14.0. The molecule has 1 aromatic heterocycles. The second-order valence-electron chi connectivity index (χ2n) is 6.11. The number of morpholine rings is 1. The van der Waals surface area contributed by atoms with Gasteiger partial charge in [0.15, 0.2) is 11.9 Å². The Hall–Kier alpha value is -2.74. The predicted octanol–water partition coefficient (Wildman–Crippen LogP) is 1.79. The minimum absolute atomic E-state index is 0.00355. The number of hydrogen-bond acceptors (Lipinski definition) is 6. The highest BCUT2D eigenvalue weighted by molar-refractivity contribution is 6.00. The van der Waals surface area contributed by atoms with Gasteiger partial charge in [-0.2, -0.15) is 4.98 Å². The number of nitrogens with zero attached hydrogens (tertiary/aromatic N) is 3. The van der Waals surface area contributed by atoms with Gasteiger partial charge in [0.05, 0.1) is 24.3 Å². The van der Waals surface area contributed by atoms with E-state index in [1.165, 1.54) is 4.90 Å². The lowest BCUT2D eigenvalue weighted by Crippen LogP contribution is -2.48. The maximum atomic E-state index is 12.9. The monoisotopic (exact) mass is 345 g/mol. The van der Waals surface area contributed by atoms with Gasteiger partial charge in [-0.1, -0.05) is 31.1 Å². The largest absolute Gasteiger partial charge is 0.479 e. The molecule has 0 unspecified atom stereocenters. The van der Waals surface area contributed by atoms with Gasteiger partial charge in [0.1, 0.15) is 0 Å². The van der Waals surface area contributed by atoms with Crippen molar-refractivity contribution in [3.63, 3.8) is 0 Å². The Balaban J connectivity index is 1.89. The zero-order valence-electron chi connectivity index (χ0n) is 14.0. The summed E-state index contributed by atoms with van der Waals surface area (Å²) in [5.74, 6) is -0.417. The molecule has 1 atom stereocenters. The lowest BCUT2D eigenvalue weighted by molar-refractivity contribution is -0.154. The summed E-state index contributed by atoms with van der Waals surface area (Å²) in [7, 11) is 0. The van der Waals surface area contributed by atoms with E-state index in [1.54, 1.807) is 24.3 Å². The molecule has 25 heavy (non-hydrogen) atoms. The van der Waals surface area contributed by atoms with Crippen molar-refractivity contribution < 1.29 is 24.0 Å². The van der Waals surface area contributed by atoms with E-state index in [2.05, 4.69) is 10.1 Å². The van der Waals surface area contributed by atoms with E-state index in [9.17, 15) is 9.59 Å². The van der Waals surface area contributed by atoms with Crippen LogP contribution in [0.5, 0.6) is 0 Å². The molecule has 1 amide bonds. The maximum absolute atomic E-state index is 12.9. The van der Waals surface area contributed by atoms with Crippen LogP contribution in [0.3, 0.4) is 0 Å². The number of carboxylic acids is 1. The van der Waals surface area contributed by atoms with Gasteiger partial charge in [-0.15, -0.1) is 0 Å². The Morgan fingerprint density at radius 3 is 2.76 bits per heavy atom. The van der Waals surface area contributed by atoms with Crippen LogP contribution in [0.25, 0.3) is 11.5 Å². The Morgan fingerprint density at radius 2 is 2.08 bits per heavy atom. The fourth-order valence-corrected chi connectivity index (χ4v) is 2.59. The number of carbonyl (C=O) groups excluding carboxylic acids is 1. The first kappa shape index (κ1) is 17.1. The fourth-order valence-electron chi connectivity index (χ4n) is 2.59. The predicted molar refractivity (Wildman–Crippen MR) is 87.1 cm³/mol. The van der Waals surface area contributed by atoms with Crippen molar-refractivity contribution in [3.05, 3.63) is 35.7 Å². The summed E-state index contributed by atoms with van der Waals surface area (Å²) in [4.78, 5) is 29.8. The van der Waals surface area contributed by atoms with E-state index in [-0.39, 0.29) is 30.9 Å². The highest BCUT2D eigenvalue weighted by atomic mass is 16.5. The summed E-state index contributed by atoms with van der Waals surface area (Å²) in [6.45, 7) is 4.42. The second kappa shape index (κ2) is 7.02. The van der Waals surface area contributed by atoms with Gasteiger partial charge in [0, 0.05) is 12.5 Å². The Bertz CT molecular complexity index is 786. The van der Waals surface area contributed by atoms with E-state index in [4.69, 9.17) is 14.4 Å². The first-order valence-electron chi connectivity index (χ1n) is 8.04. The molecule has 1 fully saturated rings. The van der Waals surface area contributed by atoms with Crippen molar-refractivity contribution in [1.82, 2.24) is 15.0 Å². The minimum Gasteiger partial charge on any atom is -0.479 e. The molecule has 8 heteroatoms. The normalized spacial score (nSPS) is 17.7. The maximum Gasteiger partial charge on any atom is 0.334 e. The lowest BCUT2D eigenvalue weighted by Gasteiger charge is -2.31. The third-order valence-corrected chi connectivity index (χ3v) is 3.98. The summed E-state index contributed by atoms with van der Waals surface area (Å²) in [5, 5.41) is 13.0. The number of benzene rings is 1. The Kier molecular flexibility index (Phi) is 4.80. The lowest BCUT2D eigenvalue weighted by atomic mass is 10.1. The van der Waals surface area contributed by atoms with Gasteiger partial charge in [0.25, 0.3) is 11.8 Å². The molecule has 2 heterocycles. The van der Waals surface area contributed by atoms with E-state index >= 15 is 0 Å². The molecule has 2 aromatic rings. The molecular weight excluding hydrogens is 326 g/mol. The summed E-state index contributed by atoms with van der Waals surface area (Å²) in [6, 6.07) is 6.93. The first-order valence-corrected chi connectivity index (χ1v) is 8.04. The van der Waals surface area contributed by atoms with Crippen LogP contribution in [0, 0.1) is 0 Å². The highest BCUT2D eigenvalue weighted by Gasteiger charge is 2.31. The van der Waals surface area contributed by atoms with Crippen molar-refractivity contribution in [1.29, 1.82) is 0 Å². The number of aromatic nitrogens is 2. The van der Waals surface area contributed by atoms with Crippen LogP contribution in [-0.4, -0.2) is 57.8 Å². The molecule has 3 rings (SSSR count). The van der Waals surface area contributed by atoms with E-state index in [0.717, 1.165) is 0 Å². The van der Waals surface area contributed by atoms with E-state index in [0.29, 0.717) is 23.5 Å². The van der Waals surface area contributed by atoms with Crippen LogP contribution >= 0.6 is 0 Å². The summed E-state index contributed by atoms with van der Waals surface area (Å²) in [6.07, 6.45) is -1.01. The number of aliphatic carboxylic acids is 1. The van der Waals surface area contributed by atoms with Crippen LogP contribution in [0.15, 0.2) is 28.8 Å². The third kappa shape index (κ3) is 3.53. The van der Waals surface area contributed by atoms with Gasteiger partial charge in [-0.3, -0.25) is 4.79 Å². The molecule has 1 aromatic carbocycles. The average Bonchev–Trinajstić information content (AvgIpc) is 3.11. The van der Waals surface area contributed by atoms with E-state index < -0.39 is 12.1 Å². The van der Waals surface area contributed by atoms with Crippen molar-refractivity contribution in [3.8, 4) is 11.5 Å². The van der Waals surface area contributed by atoms with Crippen molar-refractivity contribution >= 4 is 11.9 Å². The van der Waals surface area contributed by atoms with Crippen LogP contribution in [0.4, 0.5) is 0 Å². The zero-order chi connectivity index (χ0) is 18.0. The van der Waals surface area contributed by atoms with Gasteiger partial charge in [-0.05, 0) is 12.1 Å². The molecule has 0 radical (unpaired) electrons. The van der Waals surface area contributed by atoms with Crippen molar-refractivity contribution in [2.45, 2.75) is 25.9 Å². The molecule has 1 aliphatic heterocycles. The molecule has 132 valence electrons. The Morgan fingerprint density at radius 1 is 1.32 bits per heavy atom. The summed E-state index contributed by atoms with van der Waals surface area (Å²) >= 11 is 0. The number of hydrogen-bond donors (Lipinski definition) is 1. The number of ether oxygens (including phenoxy) is 1.